The number of hydrogen-bond acceptors (Lipinski definition) is 3. The molecule has 1 atom stereocenters. The molecule has 1 heterocycles. The summed E-state index contributed by atoms with van der Waals surface area (Å²) in [4.78, 5) is 14.3. The predicted molar refractivity (Wildman–Crippen MR) is 98.4 cm³/mol. The minimum absolute atomic E-state index is 0.00643. The number of rotatable bonds is 6. The molecule has 2 aromatic carbocycles. The average molecular weight is 392 g/mol. The molecule has 1 saturated heterocycles. The minimum Gasteiger partial charge on any atom is -0.483 e. The van der Waals surface area contributed by atoms with E-state index in [0.717, 1.165) is 34.7 Å². The molecule has 2 aromatic rings. The quantitative estimate of drug-likeness (QED) is 0.746. The lowest BCUT2D eigenvalue weighted by molar-refractivity contribution is -0.134. The Labute approximate surface area is 150 Å². The zero-order valence-electron chi connectivity index (χ0n) is 13.8. The Morgan fingerprint density at radius 1 is 1.33 bits per heavy atom. The van der Waals surface area contributed by atoms with E-state index in [1.54, 1.807) is 0 Å². The maximum atomic E-state index is 12.4. The van der Waals surface area contributed by atoms with Gasteiger partial charge in [0.1, 0.15) is 5.75 Å². The van der Waals surface area contributed by atoms with E-state index < -0.39 is 0 Å². The summed E-state index contributed by atoms with van der Waals surface area (Å²) < 4.78 is 12.3. The maximum Gasteiger partial charge on any atom is 0.260 e. The van der Waals surface area contributed by atoms with Gasteiger partial charge in [0.25, 0.3) is 5.91 Å². The summed E-state index contributed by atoms with van der Waals surface area (Å²) in [6.45, 7) is 4.14. The highest BCUT2D eigenvalue weighted by atomic mass is 79.9. The fourth-order valence-corrected chi connectivity index (χ4v) is 3.60. The summed E-state index contributed by atoms with van der Waals surface area (Å²) in [5.74, 6) is 0.684. The van der Waals surface area contributed by atoms with Gasteiger partial charge in [-0.3, -0.25) is 4.79 Å². The van der Waals surface area contributed by atoms with Gasteiger partial charge in [0.15, 0.2) is 6.61 Å². The highest BCUT2D eigenvalue weighted by molar-refractivity contribution is 9.10. The van der Waals surface area contributed by atoms with E-state index >= 15 is 0 Å². The van der Waals surface area contributed by atoms with Crippen LogP contribution in [-0.4, -0.2) is 43.2 Å². The van der Waals surface area contributed by atoms with E-state index in [0.29, 0.717) is 18.8 Å². The van der Waals surface area contributed by atoms with E-state index in [4.69, 9.17) is 9.47 Å². The standard InChI is InChI=1S/C19H22BrNO3/c1-2-21(12-15-7-5-11-23-15)18(22)13-24-17-10-9-14-6-3-4-8-16(14)19(17)20/h3-4,6,8-10,15H,2,5,7,11-13H2,1H3. The first-order chi connectivity index (χ1) is 11.7. The Morgan fingerprint density at radius 3 is 2.92 bits per heavy atom. The number of nitrogens with zero attached hydrogens (tertiary/aromatic N) is 1. The van der Waals surface area contributed by atoms with Crippen LogP contribution in [0.15, 0.2) is 40.9 Å². The molecule has 0 aromatic heterocycles. The van der Waals surface area contributed by atoms with Crippen molar-refractivity contribution in [1.82, 2.24) is 4.90 Å². The SMILES string of the molecule is CCN(CC1CCCO1)C(=O)COc1ccc2ccccc2c1Br. The molecule has 0 N–H and O–H groups in total. The number of fused-ring (bicyclic) bond motifs is 1. The van der Waals surface area contributed by atoms with E-state index in [2.05, 4.69) is 22.0 Å². The van der Waals surface area contributed by atoms with Gasteiger partial charge in [0.05, 0.1) is 10.6 Å². The first-order valence-corrected chi connectivity index (χ1v) is 9.17. The second kappa shape index (κ2) is 7.99. The topological polar surface area (TPSA) is 38.8 Å². The molecule has 0 saturated carbocycles. The van der Waals surface area contributed by atoms with Gasteiger partial charge < -0.3 is 14.4 Å². The Balaban J connectivity index is 1.63. The number of amides is 1. The summed E-state index contributed by atoms with van der Waals surface area (Å²) in [6, 6.07) is 12.0. The Kier molecular flexibility index (Phi) is 5.74. The molecule has 1 aliphatic rings. The Hall–Kier alpha value is -1.59. The van der Waals surface area contributed by atoms with Crippen molar-refractivity contribution in [2.75, 3.05) is 26.3 Å². The number of carbonyl (C=O) groups is 1. The molecule has 0 radical (unpaired) electrons. The number of carbonyl (C=O) groups excluding carboxylic acids is 1. The summed E-state index contributed by atoms with van der Waals surface area (Å²) in [5.41, 5.74) is 0. The Morgan fingerprint density at radius 2 is 2.17 bits per heavy atom. The molecule has 128 valence electrons. The maximum absolute atomic E-state index is 12.4. The third-order valence-corrected chi connectivity index (χ3v) is 5.18. The second-order valence-corrected chi connectivity index (χ2v) is 6.75. The molecule has 1 unspecified atom stereocenters. The van der Waals surface area contributed by atoms with E-state index in [1.807, 2.05) is 42.2 Å². The zero-order valence-corrected chi connectivity index (χ0v) is 15.4. The summed E-state index contributed by atoms with van der Waals surface area (Å²) in [5, 5.41) is 2.21. The number of halogens is 1. The van der Waals surface area contributed by atoms with Crippen LogP contribution in [0.5, 0.6) is 5.75 Å². The molecule has 0 aliphatic carbocycles. The van der Waals surface area contributed by atoms with E-state index in [9.17, 15) is 4.79 Å². The first kappa shape index (κ1) is 17.2. The van der Waals surface area contributed by atoms with Crippen LogP contribution in [0, 0.1) is 0 Å². The normalized spacial score (nSPS) is 17.2. The van der Waals surface area contributed by atoms with Gasteiger partial charge in [0, 0.05) is 19.7 Å². The van der Waals surface area contributed by atoms with Gasteiger partial charge in [-0.1, -0.05) is 30.3 Å². The molecule has 0 bridgehead atoms. The summed E-state index contributed by atoms with van der Waals surface area (Å²) in [7, 11) is 0. The van der Waals surface area contributed by atoms with Crippen molar-refractivity contribution >= 4 is 32.6 Å². The molecule has 1 amide bonds. The van der Waals surface area contributed by atoms with Crippen LogP contribution >= 0.6 is 15.9 Å². The van der Waals surface area contributed by atoms with E-state index in [-0.39, 0.29) is 18.6 Å². The molecule has 5 heteroatoms. The van der Waals surface area contributed by atoms with Gasteiger partial charge in [-0.15, -0.1) is 0 Å². The van der Waals surface area contributed by atoms with Crippen molar-refractivity contribution in [3.63, 3.8) is 0 Å². The predicted octanol–water partition coefficient (Wildman–Crippen LogP) is 4.01. The van der Waals surface area contributed by atoms with Crippen LogP contribution in [0.4, 0.5) is 0 Å². The van der Waals surface area contributed by atoms with Crippen molar-refractivity contribution in [3.8, 4) is 5.75 Å². The van der Waals surface area contributed by atoms with Crippen molar-refractivity contribution < 1.29 is 14.3 Å². The van der Waals surface area contributed by atoms with Crippen LogP contribution in [0.2, 0.25) is 0 Å². The molecule has 1 fully saturated rings. The summed E-state index contributed by atoms with van der Waals surface area (Å²) >= 11 is 3.59. The van der Waals surface area contributed by atoms with Gasteiger partial charge in [0.2, 0.25) is 0 Å². The fourth-order valence-electron chi connectivity index (χ4n) is 3.00. The van der Waals surface area contributed by atoms with Crippen LogP contribution in [0.1, 0.15) is 19.8 Å². The summed E-state index contributed by atoms with van der Waals surface area (Å²) in [6.07, 6.45) is 2.28. The van der Waals surface area contributed by atoms with Gasteiger partial charge in [-0.05, 0) is 52.5 Å². The number of ether oxygens (including phenoxy) is 2. The minimum atomic E-state index is -0.00643. The smallest absolute Gasteiger partial charge is 0.260 e. The lowest BCUT2D eigenvalue weighted by atomic mass is 10.1. The van der Waals surface area contributed by atoms with Gasteiger partial charge in [-0.25, -0.2) is 0 Å². The highest BCUT2D eigenvalue weighted by Crippen LogP contribution is 2.33. The molecular weight excluding hydrogens is 370 g/mol. The van der Waals surface area contributed by atoms with Crippen molar-refractivity contribution in [1.29, 1.82) is 0 Å². The van der Waals surface area contributed by atoms with Crippen LogP contribution < -0.4 is 4.74 Å². The highest BCUT2D eigenvalue weighted by Gasteiger charge is 2.22. The van der Waals surface area contributed by atoms with Crippen LogP contribution in [0.25, 0.3) is 10.8 Å². The molecule has 0 spiro atoms. The molecule has 4 nitrogen and oxygen atoms in total. The number of likely N-dealkylation sites (N-methyl/N-ethyl adjacent to an activating group) is 1. The van der Waals surface area contributed by atoms with Crippen LogP contribution in [-0.2, 0) is 9.53 Å². The molecule has 3 rings (SSSR count). The first-order valence-electron chi connectivity index (χ1n) is 8.38. The van der Waals surface area contributed by atoms with Crippen molar-refractivity contribution in [2.24, 2.45) is 0 Å². The Bertz CT molecular complexity index is 713. The zero-order chi connectivity index (χ0) is 16.9. The fraction of sp³-hybridized carbons (Fsp3) is 0.421. The average Bonchev–Trinajstić information content (AvgIpc) is 3.12. The second-order valence-electron chi connectivity index (χ2n) is 5.95. The van der Waals surface area contributed by atoms with E-state index in [1.165, 1.54) is 0 Å². The van der Waals surface area contributed by atoms with Crippen molar-refractivity contribution in [2.45, 2.75) is 25.9 Å². The monoisotopic (exact) mass is 391 g/mol. The number of benzene rings is 2. The van der Waals surface area contributed by atoms with Crippen LogP contribution in [0.3, 0.4) is 0 Å². The largest absolute Gasteiger partial charge is 0.483 e. The lowest BCUT2D eigenvalue weighted by Crippen LogP contribution is -2.39. The molecular formula is C19H22BrNO3. The third-order valence-electron chi connectivity index (χ3n) is 4.36. The van der Waals surface area contributed by atoms with Gasteiger partial charge >= 0.3 is 0 Å². The molecule has 1 aliphatic heterocycles. The lowest BCUT2D eigenvalue weighted by Gasteiger charge is -2.24. The molecule has 24 heavy (non-hydrogen) atoms. The van der Waals surface area contributed by atoms with Gasteiger partial charge in [-0.2, -0.15) is 0 Å². The van der Waals surface area contributed by atoms with Crippen molar-refractivity contribution in [3.05, 3.63) is 40.9 Å². The third kappa shape index (κ3) is 3.90. The number of hydrogen-bond donors (Lipinski definition) is 0.